The van der Waals surface area contributed by atoms with Gasteiger partial charge in [-0.2, -0.15) is 4.52 Å². The minimum absolute atomic E-state index is 0.0535. The number of methoxy groups -OCH3 is 1. The summed E-state index contributed by atoms with van der Waals surface area (Å²) in [5, 5.41) is 6.61. The van der Waals surface area contributed by atoms with Crippen LogP contribution in [0.25, 0.3) is 16.9 Å². The number of H-pyrrole nitrogens is 1. The first-order chi connectivity index (χ1) is 17.0. The van der Waals surface area contributed by atoms with Crippen LogP contribution in [-0.4, -0.2) is 41.8 Å². The van der Waals surface area contributed by atoms with E-state index in [1.54, 1.807) is 11.6 Å². The minimum atomic E-state index is -0.133. The van der Waals surface area contributed by atoms with Gasteiger partial charge in [0, 0.05) is 42.9 Å². The van der Waals surface area contributed by atoms with Crippen molar-refractivity contribution in [1.29, 1.82) is 0 Å². The summed E-state index contributed by atoms with van der Waals surface area (Å²) >= 11 is 0. The molecule has 4 aromatic rings. The molecular weight excluding hydrogens is 438 g/mol. The summed E-state index contributed by atoms with van der Waals surface area (Å²) in [6, 6.07) is 16.2. The second kappa shape index (κ2) is 9.49. The molecule has 2 aromatic heterocycles. The Morgan fingerprint density at radius 3 is 2.51 bits per heavy atom. The molecule has 0 unspecified atom stereocenters. The summed E-state index contributed by atoms with van der Waals surface area (Å²) in [6.07, 6.45) is 3.54. The number of anilines is 2. The second-order valence-corrected chi connectivity index (χ2v) is 9.26. The summed E-state index contributed by atoms with van der Waals surface area (Å²) in [5.74, 6) is 0.639. The molecule has 1 atom stereocenters. The zero-order valence-electron chi connectivity index (χ0n) is 20.9. The van der Waals surface area contributed by atoms with Crippen LogP contribution in [0.15, 0.2) is 53.3 Å². The van der Waals surface area contributed by atoms with E-state index in [2.05, 4.69) is 34.4 Å². The average Bonchev–Trinajstić information content (AvgIpc) is 3.28. The van der Waals surface area contributed by atoms with Gasteiger partial charge in [0.1, 0.15) is 11.4 Å². The van der Waals surface area contributed by atoms with Gasteiger partial charge in [-0.15, -0.1) is 0 Å². The number of nitrogens with one attached hydrogen (secondary N) is 2. The monoisotopic (exact) mass is 471 g/mol. The maximum absolute atomic E-state index is 14.0. The van der Waals surface area contributed by atoms with E-state index in [0.717, 1.165) is 65.6 Å². The third-order valence-electron chi connectivity index (χ3n) is 7.14. The minimum Gasteiger partial charge on any atom is -0.495 e. The SMILES string of the molecule is CNc1cc([C@H](C)c2c(C)nc3c(N4CCCCC4)c(-c4ccccc4)[nH]n3c2=O)ccc1OC. The van der Waals surface area contributed by atoms with Crippen molar-refractivity contribution in [3.63, 3.8) is 0 Å². The molecule has 0 radical (unpaired) electrons. The van der Waals surface area contributed by atoms with Crippen LogP contribution in [0.5, 0.6) is 5.75 Å². The molecule has 0 amide bonds. The average molecular weight is 472 g/mol. The van der Waals surface area contributed by atoms with Gasteiger partial charge >= 0.3 is 0 Å². The van der Waals surface area contributed by atoms with E-state index in [1.807, 2.05) is 50.4 Å². The third-order valence-corrected chi connectivity index (χ3v) is 7.14. The molecular formula is C28H33N5O2. The van der Waals surface area contributed by atoms with Crippen molar-refractivity contribution in [1.82, 2.24) is 14.6 Å². The maximum Gasteiger partial charge on any atom is 0.276 e. The molecule has 7 heteroatoms. The smallest absolute Gasteiger partial charge is 0.276 e. The number of hydrogen-bond donors (Lipinski definition) is 2. The fourth-order valence-corrected chi connectivity index (χ4v) is 5.26. The second-order valence-electron chi connectivity index (χ2n) is 9.26. The van der Waals surface area contributed by atoms with Crippen molar-refractivity contribution in [2.75, 3.05) is 37.5 Å². The van der Waals surface area contributed by atoms with E-state index in [9.17, 15) is 4.79 Å². The summed E-state index contributed by atoms with van der Waals surface area (Å²) < 4.78 is 7.09. The topological polar surface area (TPSA) is 74.7 Å². The number of nitrogens with zero attached hydrogens (tertiary/aromatic N) is 3. The zero-order chi connectivity index (χ0) is 24.5. The van der Waals surface area contributed by atoms with E-state index in [0.29, 0.717) is 11.2 Å². The van der Waals surface area contributed by atoms with Crippen LogP contribution in [0.1, 0.15) is 48.9 Å². The Morgan fingerprint density at radius 1 is 1.09 bits per heavy atom. The van der Waals surface area contributed by atoms with Crippen LogP contribution in [0.2, 0.25) is 0 Å². The van der Waals surface area contributed by atoms with Gasteiger partial charge in [-0.25, -0.2) is 4.98 Å². The molecule has 1 fully saturated rings. The van der Waals surface area contributed by atoms with E-state index in [1.165, 1.54) is 6.42 Å². The van der Waals surface area contributed by atoms with Crippen molar-refractivity contribution >= 4 is 17.0 Å². The predicted octanol–water partition coefficient (Wildman–Crippen LogP) is 5.19. The van der Waals surface area contributed by atoms with E-state index in [4.69, 9.17) is 9.72 Å². The fourth-order valence-electron chi connectivity index (χ4n) is 5.26. The van der Waals surface area contributed by atoms with E-state index in [-0.39, 0.29) is 11.5 Å². The molecule has 182 valence electrons. The summed E-state index contributed by atoms with van der Waals surface area (Å²) in [4.78, 5) is 21.4. The molecule has 0 saturated carbocycles. The molecule has 1 saturated heterocycles. The maximum atomic E-state index is 14.0. The van der Waals surface area contributed by atoms with Gasteiger partial charge in [0.2, 0.25) is 0 Å². The summed E-state index contributed by atoms with van der Waals surface area (Å²) in [6.45, 7) is 5.95. The Kier molecular flexibility index (Phi) is 6.24. The Hall–Kier alpha value is -3.74. The molecule has 35 heavy (non-hydrogen) atoms. The largest absolute Gasteiger partial charge is 0.495 e. The number of hydrogen-bond acceptors (Lipinski definition) is 5. The first kappa shape index (κ1) is 23.0. The van der Waals surface area contributed by atoms with Gasteiger partial charge in [0.25, 0.3) is 5.56 Å². The zero-order valence-corrected chi connectivity index (χ0v) is 20.9. The highest BCUT2D eigenvalue weighted by molar-refractivity contribution is 5.86. The molecule has 0 aliphatic carbocycles. The number of aromatic amines is 1. The lowest BCUT2D eigenvalue weighted by molar-refractivity contribution is 0.416. The normalized spacial score (nSPS) is 14.8. The van der Waals surface area contributed by atoms with Crippen LogP contribution in [0, 0.1) is 6.92 Å². The van der Waals surface area contributed by atoms with Crippen LogP contribution in [0.4, 0.5) is 11.4 Å². The van der Waals surface area contributed by atoms with Crippen molar-refractivity contribution in [2.45, 2.75) is 39.0 Å². The highest BCUT2D eigenvalue weighted by Gasteiger charge is 2.26. The van der Waals surface area contributed by atoms with E-state index < -0.39 is 0 Å². The lowest BCUT2D eigenvalue weighted by Gasteiger charge is -2.28. The lowest BCUT2D eigenvalue weighted by atomic mass is 9.92. The number of aromatic nitrogens is 3. The van der Waals surface area contributed by atoms with Crippen LogP contribution in [0.3, 0.4) is 0 Å². The van der Waals surface area contributed by atoms with Gasteiger partial charge in [0.05, 0.1) is 18.5 Å². The number of ether oxygens (including phenoxy) is 1. The quantitative estimate of drug-likeness (QED) is 0.405. The van der Waals surface area contributed by atoms with Crippen LogP contribution in [-0.2, 0) is 0 Å². The summed E-state index contributed by atoms with van der Waals surface area (Å²) in [7, 11) is 3.52. The van der Waals surface area contributed by atoms with Crippen LogP contribution < -0.4 is 20.5 Å². The molecule has 7 nitrogen and oxygen atoms in total. The predicted molar refractivity (Wildman–Crippen MR) is 142 cm³/mol. The Bertz CT molecular complexity index is 1400. The van der Waals surface area contributed by atoms with Gasteiger partial charge in [-0.3, -0.25) is 9.89 Å². The Labute approximate surface area is 205 Å². The Morgan fingerprint density at radius 2 is 1.83 bits per heavy atom. The molecule has 2 aromatic carbocycles. The third kappa shape index (κ3) is 4.05. The van der Waals surface area contributed by atoms with Gasteiger partial charge in [-0.1, -0.05) is 43.3 Å². The molecule has 0 bridgehead atoms. The van der Waals surface area contributed by atoms with Crippen molar-refractivity contribution in [3.8, 4) is 17.0 Å². The number of fused-ring (bicyclic) bond motifs is 1. The molecule has 2 N–H and O–H groups in total. The molecule has 3 heterocycles. The van der Waals surface area contributed by atoms with Gasteiger partial charge in [-0.05, 0) is 43.9 Å². The fraction of sp³-hybridized carbons (Fsp3) is 0.357. The number of piperidine rings is 1. The van der Waals surface area contributed by atoms with E-state index >= 15 is 0 Å². The van der Waals surface area contributed by atoms with Crippen molar-refractivity contribution in [3.05, 3.63) is 75.7 Å². The summed E-state index contributed by atoms with van der Waals surface area (Å²) in [5.41, 5.74) is 7.06. The number of rotatable bonds is 6. The highest BCUT2D eigenvalue weighted by atomic mass is 16.5. The van der Waals surface area contributed by atoms with Crippen LogP contribution >= 0.6 is 0 Å². The molecule has 0 spiro atoms. The molecule has 5 rings (SSSR count). The lowest BCUT2D eigenvalue weighted by Crippen LogP contribution is -2.30. The van der Waals surface area contributed by atoms with Crippen molar-refractivity contribution in [2.24, 2.45) is 0 Å². The Balaban J connectivity index is 1.69. The first-order valence-corrected chi connectivity index (χ1v) is 12.3. The number of benzene rings is 2. The molecule has 1 aliphatic heterocycles. The highest BCUT2D eigenvalue weighted by Crippen LogP contribution is 2.36. The van der Waals surface area contributed by atoms with Gasteiger partial charge in [0.15, 0.2) is 5.65 Å². The van der Waals surface area contributed by atoms with Gasteiger partial charge < -0.3 is 15.0 Å². The molecule has 1 aliphatic rings. The van der Waals surface area contributed by atoms with Crippen molar-refractivity contribution < 1.29 is 4.74 Å². The number of aryl methyl sites for hydroxylation is 1. The first-order valence-electron chi connectivity index (χ1n) is 12.3. The standard InChI is InChI=1S/C28H33N5O2/c1-18(21-13-14-23(35-4)22(17-21)29-3)24-19(2)30-27-26(32-15-9-6-10-16-32)25(31-33(27)28(24)34)20-11-7-5-8-12-20/h5,7-8,11-14,17-18,29,31H,6,9-10,15-16H2,1-4H3/t18-/m0/s1.